The van der Waals surface area contributed by atoms with E-state index in [1.807, 2.05) is 6.42 Å². The molecular weight excluding hydrogens is 178 g/mol. The van der Waals surface area contributed by atoms with Gasteiger partial charge < -0.3 is 0 Å². The number of hydrogen-bond donors (Lipinski definition) is 0. The molecular formula is C6H8Cl3. The maximum absolute atomic E-state index is 5.81. The van der Waals surface area contributed by atoms with E-state index in [2.05, 4.69) is 0 Å². The Kier molecular flexibility index (Phi) is 2.94. The first kappa shape index (κ1) is 7.97. The van der Waals surface area contributed by atoms with Crippen molar-refractivity contribution in [1.82, 2.24) is 0 Å². The first-order valence-electron chi connectivity index (χ1n) is 2.95. The molecule has 9 heavy (non-hydrogen) atoms. The summed E-state index contributed by atoms with van der Waals surface area (Å²) >= 11 is 17.4. The highest BCUT2D eigenvalue weighted by molar-refractivity contribution is 6.31. The second-order valence-electron chi connectivity index (χ2n) is 2.26. The van der Waals surface area contributed by atoms with Gasteiger partial charge in [0.15, 0.2) is 0 Å². The molecule has 1 saturated carbocycles. The average molecular weight is 186 g/mol. The maximum Gasteiger partial charge on any atom is 0.0532 e. The number of rotatable bonds is 0. The van der Waals surface area contributed by atoms with E-state index in [0.29, 0.717) is 0 Å². The average Bonchev–Trinajstić information content (AvgIpc) is 1.80. The van der Waals surface area contributed by atoms with Crippen LogP contribution in [0.3, 0.4) is 0 Å². The van der Waals surface area contributed by atoms with Crippen molar-refractivity contribution in [1.29, 1.82) is 0 Å². The molecule has 0 aromatic heterocycles. The molecule has 0 saturated heterocycles. The Bertz CT molecular complexity index is 94.3. The summed E-state index contributed by atoms with van der Waals surface area (Å²) in [5.74, 6) is 0. The third-order valence-corrected chi connectivity index (χ3v) is 2.86. The van der Waals surface area contributed by atoms with Crippen LogP contribution in [0.1, 0.15) is 12.8 Å². The first-order valence-corrected chi connectivity index (χ1v) is 4.26. The third-order valence-electron chi connectivity index (χ3n) is 1.44. The number of alkyl halides is 3. The van der Waals surface area contributed by atoms with Crippen LogP contribution in [-0.2, 0) is 0 Å². The molecule has 3 unspecified atom stereocenters. The zero-order chi connectivity index (χ0) is 6.85. The van der Waals surface area contributed by atoms with Gasteiger partial charge in [0, 0.05) is 5.38 Å². The van der Waals surface area contributed by atoms with Crippen molar-refractivity contribution in [2.75, 3.05) is 0 Å². The molecule has 0 amide bonds. The molecule has 1 aliphatic rings. The molecule has 0 N–H and O–H groups in total. The third kappa shape index (κ3) is 2.18. The van der Waals surface area contributed by atoms with Gasteiger partial charge in [-0.15, -0.1) is 34.8 Å². The van der Waals surface area contributed by atoms with E-state index in [-0.39, 0.29) is 16.1 Å². The predicted molar refractivity (Wildman–Crippen MR) is 42.5 cm³/mol. The highest BCUT2D eigenvalue weighted by Gasteiger charge is 2.26. The molecule has 3 atom stereocenters. The van der Waals surface area contributed by atoms with Gasteiger partial charge in [0.05, 0.1) is 10.8 Å². The summed E-state index contributed by atoms with van der Waals surface area (Å²) in [6.45, 7) is 0. The van der Waals surface area contributed by atoms with Crippen LogP contribution < -0.4 is 0 Å². The largest absolute Gasteiger partial charge is 0.123 e. The summed E-state index contributed by atoms with van der Waals surface area (Å²) < 4.78 is 0. The van der Waals surface area contributed by atoms with Crippen LogP contribution >= 0.6 is 34.8 Å². The molecule has 0 bridgehead atoms. The van der Waals surface area contributed by atoms with Crippen molar-refractivity contribution in [2.24, 2.45) is 0 Å². The topological polar surface area (TPSA) is 0 Å². The standard InChI is InChI=1S/C6H8Cl3/c7-4-1-2-5(8)6(9)3-4/h2,4-6H,1,3H2. The van der Waals surface area contributed by atoms with E-state index in [1.54, 1.807) is 0 Å². The summed E-state index contributed by atoms with van der Waals surface area (Å²) in [6.07, 6.45) is 3.69. The molecule has 1 radical (unpaired) electrons. The summed E-state index contributed by atoms with van der Waals surface area (Å²) in [6, 6.07) is 0. The van der Waals surface area contributed by atoms with E-state index < -0.39 is 0 Å². The van der Waals surface area contributed by atoms with Crippen molar-refractivity contribution >= 4 is 34.8 Å². The summed E-state index contributed by atoms with van der Waals surface area (Å²) in [7, 11) is 0. The van der Waals surface area contributed by atoms with Gasteiger partial charge in [0.25, 0.3) is 0 Å². The Hall–Kier alpha value is 0.870. The van der Waals surface area contributed by atoms with Crippen molar-refractivity contribution in [3.8, 4) is 0 Å². The minimum Gasteiger partial charge on any atom is -0.123 e. The second kappa shape index (κ2) is 3.32. The molecule has 0 aromatic carbocycles. The van der Waals surface area contributed by atoms with Gasteiger partial charge in [0.1, 0.15) is 0 Å². The normalized spacial score (nSPS) is 45.0. The van der Waals surface area contributed by atoms with Crippen molar-refractivity contribution in [2.45, 2.75) is 29.0 Å². The Labute approximate surface area is 70.5 Å². The molecule has 0 aliphatic heterocycles. The second-order valence-corrected chi connectivity index (χ2v) is 3.95. The molecule has 1 rings (SSSR count). The van der Waals surface area contributed by atoms with Crippen LogP contribution in [0.25, 0.3) is 0 Å². The van der Waals surface area contributed by atoms with Crippen molar-refractivity contribution < 1.29 is 0 Å². The Morgan fingerprint density at radius 2 is 1.89 bits per heavy atom. The fraction of sp³-hybridized carbons (Fsp3) is 0.833. The van der Waals surface area contributed by atoms with Crippen molar-refractivity contribution in [3.63, 3.8) is 0 Å². The molecule has 0 aromatic rings. The quantitative estimate of drug-likeness (QED) is 0.511. The Morgan fingerprint density at radius 3 is 2.33 bits per heavy atom. The lowest BCUT2D eigenvalue weighted by atomic mass is 9.99. The van der Waals surface area contributed by atoms with Crippen LogP contribution in [0.4, 0.5) is 0 Å². The van der Waals surface area contributed by atoms with Crippen LogP contribution in [0.15, 0.2) is 0 Å². The molecule has 1 fully saturated rings. The van der Waals surface area contributed by atoms with Crippen LogP contribution in [0.2, 0.25) is 0 Å². The zero-order valence-electron chi connectivity index (χ0n) is 4.86. The van der Waals surface area contributed by atoms with Gasteiger partial charge in [-0.1, -0.05) is 0 Å². The van der Waals surface area contributed by atoms with E-state index >= 15 is 0 Å². The molecule has 0 heterocycles. The summed E-state index contributed by atoms with van der Waals surface area (Å²) in [4.78, 5) is 0. The van der Waals surface area contributed by atoms with Crippen LogP contribution in [-0.4, -0.2) is 16.1 Å². The molecule has 0 spiro atoms. The predicted octanol–water partition coefficient (Wildman–Crippen LogP) is 2.81. The lowest BCUT2D eigenvalue weighted by molar-refractivity contribution is 0.613. The lowest BCUT2D eigenvalue weighted by Crippen LogP contribution is -2.26. The molecule has 1 aliphatic carbocycles. The Balaban J connectivity index is 2.35. The minimum absolute atomic E-state index is 0.0154. The SMILES string of the molecule is ClC1C[CH]C(Cl)C(Cl)C1. The molecule has 0 nitrogen and oxygen atoms in total. The maximum atomic E-state index is 5.81. The van der Waals surface area contributed by atoms with E-state index in [4.69, 9.17) is 34.8 Å². The highest BCUT2D eigenvalue weighted by atomic mass is 35.5. The summed E-state index contributed by atoms with van der Waals surface area (Å²) in [5, 5.41) is 0.243. The van der Waals surface area contributed by atoms with Crippen LogP contribution in [0.5, 0.6) is 0 Å². The number of hydrogen-bond acceptors (Lipinski definition) is 0. The fourth-order valence-electron chi connectivity index (χ4n) is 0.896. The molecule has 3 heteroatoms. The monoisotopic (exact) mass is 185 g/mol. The lowest BCUT2D eigenvalue weighted by Gasteiger charge is -2.24. The minimum atomic E-state index is 0.0154. The van der Waals surface area contributed by atoms with Gasteiger partial charge in [-0.3, -0.25) is 0 Å². The Morgan fingerprint density at radius 1 is 1.22 bits per heavy atom. The van der Waals surface area contributed by atoms with E-state index in [9.17, 15) is 0 Å². The van der Waals surface area contributed by atoms with Crippen LogP contribution in [0, 0.1) is 6.42 Å². The number of halogens is 3. The van der Waals surface area contributed by atoms with Gasteiger partial charge in [-0.05, 0) is 19.3 Å². The van der Waals surface area contributed by atoms with E-state index in [1.165, 1.54) is 0 Å². The first-order chi connectivity index (χ1) is 4.20. The molecule has 53 valence electrons. The smallest absolute Gasteiger partial charge is 0.0532 e. The zero-order valence-corrected chi connectivity index (χ0v) is 7.13. The van der Waals surface area contributed by atoms with E-state index in [0.717, 1.165) is 12.8 Å². The van der Waals surface area contributed by atoms with Gasteiger partial charge >= 0.3 is 0 Å². The van der Waals surface area contributed by atoms with Gasteiger partial charge in [0.2, 0.25) is 0 Å². The van der Waals surface area contributed by atoms with Gasteiger partial charge in [-0.25, -0.2) is 0 Å². The summed E-state index contributed by atoms with van der Waals surface area (Å²) in [5.41, 5.74) is 0. The van der Waals surface area contributed by atoms with Crippen molar-refractivity contribution in [3.05, 3.63) is 6.42 Å². The van der Waals surface area contributed by atoms with Gasteiger partial charge in [-0.2, -0.15) is 0 Å². The fourth-order valence-corrected chi connectivity index (χ4v) is 1.81. The highest BCUT2D eigenvalue weighted by Crippen LogP contribution is 2.29.